The molecule has 0 aliphatic heterocycles. The van der Waals surface area contributed by atoms with E-state index in [4.69, 9.17) is 15.2 Å². The zero-order valence-corrected chi connectivity index (χ0v) is 10.1. The van der Waals surface area contributed by atoms with Crippen molar-refractivity contribution in [3.8, 4) is 0 Å². The molecule has 0 saturated heterocycles. The lowest BCUT2D eigenvalue weighted by Crippen LogP contribution is -2.08. The van der Waals surface area contributed by atoms with Gasteiger partial charge >= 0.3 is 5.97 Å². The summed E-state index contributed by atoms with van der Waals surface area (Å²) in [6.07, 6.45) is 1.82. The van der Waals surface area contributed by atoms with Gasteiger partial charge < -0.3 is 15.2 Å². The van der Waals surface area contributed by atoms with Gasteiger partial charge in [0.15, 0.2) is 0 Å². The predicted octanol–water partition coefficient (Wildman–Crippen LogP) is 1.78. The summed E-state index contributed by atoms with van der Waals surface area (Å²) in [5.74, 6) is -0.169. The normalized spacial score (nSPS) is 10.2. The van der Waals surface area contributed by atoms with E-state index in [1.807, 2.05) is 24.3 Å². The highest BCUT2D eigenvalue weighted by molar-refractivity contribution is 5.69. The minimum atomic E-state index is -0.169. The molecule has 0 radical (unpaired) electrons. The Morgan fingerprint density at radius 1 is 1.24 bits per heavy atom. The summed E-state index contributed by atoms with van der Waals surface area (Å²) in [5, 5.41) is 0. The molecule has 0 aliphatic rings. The van der Waals surface area contributed by atoms with Crippen LogP contribution in [0.5, 0.6) is 0 Å². The van der Waals surface area contributed by atoms with Gasteiger partial charge in [-0.3, -0.25) is 4.79 Å². The van der Waals surface area contributed by atoms with Crippen LogP contribution in [0.2, 0.25) is 0 Å². The van der Waals surface area contributed by atoms with Gasteiger partial charge in [-0.2, -0.15) is 0 Å². The first kappa shape index (κ1) is 13.5. The Bertz CT molecular complexity index is 335. The maximum absolute atomic E-state index is 11.4. The molecule has 0 aliphatic carbocycles. The molecule has 0 spiro atoms. The Kier molecular flexibility index (Phi) is 6.10. The maximum atomic E-state index is 11.4. The number of benzene rings is 1. The van der Waals surface area contributed by atoms with Crippen molar-refractivity contribution < 1.29 is 14.3 Å². The minimum Gasteiger partial charge on any atom is -0.466 e. The SMILES string of the molecule is COCCCOC(=O)CCc1ccc(N)cc1. The highest BCUT2D eigenvalue weighted by Gasteiger charge is 2.03. The number of anilines is 1. The van der Waals surface area contributed by atoms with Crippen LogP contribution in [-0.4, -0.2) is 26.3 Å². The lowest BCUT2D eigenvalue weighted by molar-refractivity contribution is -0.143. The molecule has 2 N–H and O–H groups in total. The average molecular weight is 237 g/mol. The third-order valence-corrected chi connectivity index (χ3v) is 2.35. The molecule has 1 aromatic rings. The predicted molar refractivity (Wildman–Crippen MR) is 66.6 cm³/mol. The van der Waals surface area contributed by atoms with Crippen LogP contribution in [0, 0.1) is 0 Å². The molecule has 94 valence electrons. The van der Waals surface area contributed by atoms with Crippen LogP contribution < -0.4 is 5.73 Å². The van der Waals surface area contributed by atoms with Gasteiger partial charge in [0, 0.05) is 32.2 Å². The van der Waals surface area contributed by atoms with E-state index in [9.17, 15) is 4.79 Å². The first-order valence-corrected chi connectivity index (χ1v) is 5.71. The number of hydrogen-bond acceptors (Lipinski definition) is 4. The molecule has 17 heavy (non-hydrogen) atoms. The van der Waals surface area contributed by atoms with Crippen molar-refractivity contribution in [3.63, 3.8) is 0 Å². The van der Waals surface area contributed by atoms with Crippen LogP contribution in [0.15, 0.2) is 24.3 Å². The fourth-order valence-electron chi connectivity index (χ4n) is 1.39. The van der Waals surface area contributed by atoms with E-state index in [1.54, 1.807) is 7.11 Å². The molecule has 0 fully saturated rings. The summed E-state index contributed by atoms with van der Waals surface area (Å²) >= 11 is 0. The second-order valence-corrected chi connectivity index (χ2v) is 3.81. The molecule has 0 bridgehead atoms. The lowest BCUT2D eigenvalue weighted by Gasteiger charge is -2.04. The number of methoxy groups -OCH3 is 1. The van der Waals surface area contributed by atoms with Crippen molar-refractivity contribution in [2.75, 3.05) is 26.1 Å². The standard InChI is InChI=1S/C13H19NO3/c1-16-9-2-10-17-13(15)8-5-11-3-6-12(14)7-4-11/h3-4,6-7H,2,5,8-10,14H2,1H3. The van der Waals surface area contributed by atoms with Crippen LogP contribution in [0.3, 0.4) is 0 Å². The third-order valence-electron chi connectivity index (χ3n) is 2.35. The monoisotopic (exact) mass is 237 g/mol. The van der Waals surface area contributed by atoms with Gasteiger partial charge in [0.2, 0.25) is 0 Å². The van der Waals surface area contributed by atoms with E-state index in [-0.39, 0.29) is 5.97 Å². The quantitative estimate of drug-likeness (QED) is 0.446. The van der Waals surface area contributed by atoms with Crippen molar-refractivity contribution in [2.24, 2.45) is 0 Å². The number of aryl methyl sites for hydroxylation is 1. The van der Waals surface area contributed by atoms with Gasteiger partial charge in [-0.1, -0.05) is 12.1 Å². The molecule has 4 nitrogen and oxygen atoms in total. The molecule has 1 aromatic carbocycles. The number of hydrogen-bond donors (Lipinski definition) is 1. The molecule has 4 heteroatoms. The van der Waals surface area contributed by atoms with Gasteiger partial charge in [-0.05, 0) is 24.1 Å². The Labute approximate surface area is 102 Å². The summed E-state index contributed by atoms with van der Waals surface area (Å²) in [5.41, 5.74) is 7.40. The average Bonchev–Trinajstić information content (AvgIpc) is 2.34. The number of rotatable bonds is 7. The number of nitrogen functional groups attached to an aromatic ring is 1. The molecule has 0 atom stereocenters. The number of nitrogens with two attached hydrogens (primary N) is 1. The molecule has 0 unspecified atom stereocenters. The molecular weight excluding hydrogens is 218 g/mol. The van der Waals surface area contributed by atoms with E-state index >= 15 is 0 Å². The Balaban J connectivity index is 2.17. The number of ether oxygens (including phenoxy) is 2. The molecular formula is C13H19NO3. The number of esters is 1. The second-order valence-electron chi connectivity index (χ2n) is 3.81. The number of carbonyl (C=O) groups excluding carboxylic acids is 1. The van der Waals surface area contributed by atoms with E-state index < -0.39 is 0 Å². The minimum absolute atomic E-state index is 0.169. The van der Waals surface area contributed by atoms with E-state index in [0.29, 0.717) is 26.1 Å². The Hall–Kier alpha value is -1.55. The van der Waals surface area contributed by atoms with Crippen LogP contribution in [0.25, 0.3) is 0 Å². The molecule has 1 rings (SSSR count). The molecule has 0 aromatic heterocycles. The largest absolute Gasteiger partial charge is 0.466 e. The summed E-state index contributed by atoms with van der Waals surface area (Å²) in [7, 11) is 1.63. The third kappa shape index (κ3) is 5.92. The van der Waals surface area contributed by atoms with Crippen molar-refractivity contribution in [3.05, 3.63) is 29.8 Å². The van der Waals surface area contributed by atoms with Crippen molar-refractivity contribution >= 4 is 11.7 Å². The zero-order chi connectivity index (χ0) is 12.5. The summed E-state index contributed by atoms with van der Waals surface area (Å²) in [6.45, 7) is 1.04. The fraction of sp³-hybridized carbons (Fsp3) is 0.462. The Morgan fingerprint density at radius 3 is 2.59 bits per heavy atom. The first-order valence-electron chi connectivity index (χ1n) is 5.71. The van der Waals surface area contributed by atoms with Gasteiger partial charge in [0.1, 0.15) is 0 Å². The van der Waals surface area contributed by atoms with Crippen LogP contribution in [0.4, 0.5) is 5.69 Å². The summed E-state index contributed by atoms with van der Waals surface area (Å²) in [4.78, 5) is 11.4. The fourth-order valence-corrected chi connectivity index (χ4v) is 1.39. The summed E-state index contributed by atoms with van der Waals surface area (Å²) < 4.78 is 9.91. The Morgan fingerprint density at radius 2 is 1.94 bits per heavy atom. The van der Waals surface area contributed by atoms with Crippen LogP contribution in [0.1, 0.15) is 18.4 Å². The van der Waals surface area contributed by atoms with Gasteiger partial charge in [-0.15, -0.1) is 0 Å². The van der Waals surface area contributed by atoms with E-state index in [0.717, 1.165) is 17.7 Å². The van der Waals surface area contributed by atoms with Crippen molar-refractivity contribution in [1.29, 1.82) is 0 Å². The van der Waals surface area contributed by atoms with Crippen LogP contribution in [-0.2, 0) is 20.7 Å². The highest BCUT2D eigenvalue weighted by atomic mass is 16.5. The smallest absolute Gasteiger partial charge is 0.306 e. The molecule has 0 saturated carbocycles. The number of carbonyl (C=O) groups is 1. The van der Waals surface area contributed by atoms with Gasteiger partial charge in [0.05, 0.1) is 6.61 Å². The van der Waals surface area contributed by atoms with Gasteiger partial charge in [0.25, 0.3) is 0 Å². The lowest BCUT2D eigenvalue weighted by atomic mass is 10.1. The van der Waals surface area contributed by atoms with E-state index in [2.05, 4.69) is 0 Å². The molecule has 0 amide bonds. The highest BCUT2D eigenvalue weighted by Crippen LogP contribution is 2.08. The second kappa shape index (κ2) is 7.68. The topological polar surface area (TPSA) is 61.5 Å². The molecule has 0 heterocycles. The van der Waals surface area contributed by atoms with Crippen molar-refractivity contribution in [1.82, 2.24) is 0 Å². The van der Waals surface area contributed by atoms with E-state index in [1.165, 1.54) is 0 Å². The summed E-state index contributed by atoms with van der Waals surface area (Å²) in [6, 6.07) is 7.51. The van der Waals surface area contributed by atoms with Crippen LogP contribution >= 0.6 is 0 Å². The first-order chi connectivity index (χ1) is 8.22. The maximum Gasteiger partial charge on any atom is 0.306 e. The zero-order valence-electron chi connectivity index (χ0n) is 10.1. The van der Waals surface area contributed by atoms with Gasteiger partial charge in [-0.25, -0.2) is 0 Å². The van der Waals surface area contributed by atoms with Crippen molar-refractivity contribution in [2.45, 2.75) is 19.3 Å².